The lowest BCUT2D eigenvalue weighted by Gasteiger charge is -2.33. The molecule has 2 N–H and O–H groups in total. The summed E-state index contributed by atoms with van der Waals surface area (Å²) in [5.41, 5.74) is 0. The van der Waals surface area contributed by atoms with Crippen molar-refractivity contribution in [1.82, 2.24) is 14.9 Å². The summed E-state index contributed by atoms with van der Waals surface area (Å²) in [6.45, 7) is 6.06. The van der Waals surface area contributed by atoms with Gasteiger partial charge in [-0.3, -0.25) is 4.99 Å². The van der Waals surface area contributed by atoms with Gasteiger partial charge in [0.2, 0.25) is 10.0 Å². The van der Waals surface area contributed by atoms with Gasteiger partial charge in [-0.05, 0) is 50.1 Å². The number of nitrogens with one attached hydrogen (secondary N) is 2. The van der Waals surface area contributed by atoms with Crippen LogP contribution in [0.25, 0.3) is 0 Å². The Morgan fingerprint density at radius 1 is 1.29 bits per heavy atom. The minimum atomic E-state index is -3.15. The Morgan fingerprint density at radius 2 is 2.04 bits per heavy atom. The summed E-state index contributed by atoms with van der Waals surface area (Å²) >= 11 is 1.79. The van der Waals surface area contributed by atoms with Crippen molar-refractivity contribution in [2.45, 2.75) is 44.7 Å². The molecule has 28 heavy (non-hydrogen) atoms. The van der Waals surface area contributed by atoms with Crippen LogP contribution in [0.4, 0.5) is 5.00 Å². The third-order valence-electron chi connectivity index (χ3n) is 5.21. The lowest BCUT2D eigenvalue weighted by atomic mass is 10.1. The summed E-state index contributed by atoms with van der Waals surface area (Å²) in [6.07, 6.45) is 5.23. The Hall–Kier alpha value is -0.590. The summed E-state index contributed by atoms with van der Waals surface area (Å²) in [5.74, 6) is 0.799. The van der Waals surface area contributed by atoms with Crippen LogP contribution in [-0.4, -0.2) is 69.7 Å². The summed E-state index contributed by atoms with van der Waals surface area (Å²) in [7, 11) is -3.15. The maximum Gasteiger partial charge on any atom is 0.211 e. The number of halogens is 1. The highest BCUT2D eigenvalue weighted by Crippen LogP contribution is 2.25. The normalized spacial score (nSPS) is 22.1. The molecule has 0 radical (unpaired) electrons. The molecule has 0 unspecified atom stereocenters. The highest BCUT2D eigenvalue weighted by atomic mass is 127. The molecule has 0 aliphatic carbocycles. The van der Waals surface area contributed by atoms with E-state index in [0.29, 0.717) is 19.1 Å². The molecule has 1 atom stereocenters. The van der Waals surface area contributed by atoms with Gasteiger partial charge in [-0.2, -0.15) is 4.31 Å². The molecule has 0 spiro atoms. The summed E-state index contributed by atoms with van der Waals surface area (Å²) in [5, 5.41) is 10.3. The summed E-state index contributed by atoms with van der Waals surface area (Å²) < 4.78 is 25.4. The Bertz CT molecular complexity index is 718. The number of guanidine groups is 1. The minimum absolute atomic E-state index is 0. The third kappa shape index (κ3) is 6.46. The van der Waals surface area contributed by atoms with E-state index in [-0.39, 0.29) is 30.0 Å². The second kappa shape index (κ2) is 11.0. The van der Waals surface area contributed by atoms with Crippen molar-refractivity contribution < 1.29 is 8.42 Å². The van der Waals surface area contributed by atoms with Gasteiger partial charge in [-0.25, -0.2) is 8.42 Å². The van der Waals surface area contributed by atoms with Crippen LogP contribution in [0.2, 0.25) is 0 Å². The number of aliphatic imine (C=N–C) groups is 1. The van der Waals surface area contributed by atoms with E-state index in [1.165, 1.54) is 11.3 Å². The molecule has 3 heterocycles. The molecule has 2 saturated heterocycles. The molecule has 0 bridgehead atoms. The maximum atomic E-state index is 11.9. The second-order valence-corrected chi connectivity index (χ2v) is 10.1. The number of hydrogen-bond acceptors (Lipinski definition) is 5. The van der Waals surface area contributed by atoms with E-state index >= 15 is 0 Å². The lowest BCUT2D eigenvalue weighted by Crippen LogP contribution is -2.49. The fourth-order valence-corrected chi connectivity index (χ4v) is 5.79. The third-order valence-corrected chi connectivity index (χ3v) is 7.47. The number of thiophene rings is 1. The highest BCUT2D eigenvalue weighted by molar-refractivity contribution is 14.0. The van der Waals surface area contributed by atoms with Gasteiger partial charge >= 0.3 is 0 Å². The predicted octanol–water partition coefficient (Wildman–Crippen LogP) is 2.31. The number of hydrogen-bond donors (Lipinski definition) is 2. The van der Waals surface area contributed by atoms with Crippen LogP contribution in [0, 0.1) is 0 Å². The van der Waals surface area contributed by atoms with E-state index < -0.39 is 10.0 Å². The van der Waals surface area contributed by atoms with Gasteiger partial charge in [0.05, 0.1) is 17.8 Å². The number of nitrogens with zero attached hydrogens (tertiary/aromatic N) is 3. The molecule has 10 heteroatoms. The first kappa shape index (κ1) is 23.7. The van der Waals surface area contributed by atoms with Gasteiger partial charge < -0.3 is 15.5 Å². The van der Waals surface area contributed by atoms with Crippen LogP contribution in [0.15, 0.2) is 22.5 Å². The van der Waals surface area contributed by atoms with Gasteiger partial charge in [0, 0.05) is 38.3 Å². The van der Waals surface area contributed by atoms with E-state index in [0.717, 1.165) is 51.3 Å². The molecule has 3 rings (SSSR count). The Labute approximate surface area is 190 Å². The Balaban J connectivity index is 0.00000280. The average molecular weight is 542 g/mol. The second-order valence-electron chi connectivity index (χ2n) is 7.25. The molecule has 160 valence electrons. The van der Waals surface area contributed by atoms with Crippen LogP contribution < -0.4 is 15.5 Å². The molecule has 1 aromatic heterocycles. The number of rotatable bonds is 6. The van der Waals surface area contributed by atoms with Crippen molar-refractivity contribution in [3.63, 3.8) is 0 Å². The fourth-order valence-electron chi connectivity index (χ4n) is 3.83. The van der Waals surface area contributed by atoms with Crippen molar-refractivity contribution >= 4 is 56.3 Å². The van der Waals surface area contributed by atoms with Crippen molar-refractivity contribution in [1.29, 1.82) is 0 Å². The number of anilines is 1. The van der Waals surface area contributed by atoms with E-state index in [1.54, 1.807) is 15.6 Å². The smallest absolute Gasteiger partial charge is 0.211 e. The Kier molecular flexibility index (Phi) is 9.29. The Morgan fingerprint density at radius 3 is 2.64 bits per heavy atom. The van der Waals surface area contributed by atoms with Crippen LogP contribution in [-0.2, 0) is 10.0 Å². The number of sulfonamides is 1. The highest BCUT2D eigenvalue weighted by Gasteiger charge is 2.31. The number of piperidine rings is 1. The zero-order chi connectivity index (χ0) is 19.3. The quantitative estimate of drug-likeness (QED) is 0.329. The first-order valence-corrected chi connectivity index (χ1v) is 12.5. The molecule has 0 amide bonds. The topological polar surface area (TPSA) is 77.0 Å². The van der Waals surface area contributed by atoms with Crippen LogP contribution in [0.1, 0.15) is 32.6 Å². The van der Waals surface area contributed by atoms with Gasteiger partial charge in [-0.1, -0.05) is 0 Å². The van der Waals surface area contributed by atoms with Gasteiger partial charge in [-0.15, -0.1) is 35.3 Å². The van der Waals surface area contributed by atoms with Crippen LogP contribution in [0.3, 0.4) is 0 Å². The van der Waals surface area contributed by atoms with Crippen molar-refractivity contribution in [3.8, 4) is 0 Å². The van der Waals surface area contributed by atoms with Gasteiger partial charge in [0.15, 0.2) is 5.96 Å². The van der Waals surface area contributed by atoms with Crippen molar-refractivity contribution in [2.24, 2.45) is 4.99 Å². The van der Waals surface area contributed by atoms with Gasteiger partial charge in [0.1, 0.15) is 0 Å². The van der Waals surface area contributed by atoms with Crippen molar-refractivity contribution in [2.75, 3.05) is 43.9 Å². The molecule has 0 saturated carbocycles. The minimum Gasteiger partial charge on any atom is -0.363 e. The first-order chi connectivity index (χ1) is 13.0. The van der Waals surface area contributed by atoms with E-state index in [1.807, 2.05) is 0 Å². The molecule has 2 aliphatic rings. The predicted molar refractivity (Wildman–Crippen MR) is 129 cm³/mol. The molecular weight excluding hydrogens is 509 g/mol. The van der Waals surface area contributed by atoms with E-state index in [4.69, 9.17) is 4.99 Å². The molecule has 7 nitrogen and oxygen atoms in total. The van der Waals surface area contributed by atoms with Gasteiger partial charge in [0.25, 0.3) is 0 Å². The zero-order valence-corrected chi connectivity index (χ0v) is 20.6. The largest absolute Gasteiger partial charge is 0.363 e. The van der Waals surface area contributed by atoms with Crippen LogP contribution >= 0.6 is 35.3 Å². The summed E-state index contributed by atoms with van der Waals surface area (Å²) in [6, 6.07) is 4.66. The van der Waals surface area contributed by atoms with Crippen molar-refractivity contribution in [3.05, 3.63) is 17.5 Å². The molecule has 1 aromatic rings. The lowest BCUT2D eigenvalue weighted by molar-refractivity contribution is 0.395. The molecular formula is C18H32IN5O2S2. The maximum absolute atomic E-state index is 11.9. The van der Waals surface area contributed by atoms with E-state index in [9.17, 15) is 8.42 Å². The molecule has 2 aliphatic heterocycles. The standard InChI is InChI=1S/C18H31N5O2S2.HI/c1-3-19-18(20-14-16-6-4-10-23(16)27(2,24)25)21-15-8-11-22(12-9-15)17-7-5-13-26-17;/h5,7,13,15-16H,3-4,6,8-12,14H2,1-2H3,(H2,19,20,21);1H/t16-;/m1./s1. The zero-order valence-electron chi connectivity index (χ0n) is 16.6. The molecule has 0 aromatic carbocycles. The summed E-state index contributed by atoms with van der Waals surface area (Å²) in [4.78, 5) is 7.14. The SMILES string of the molecule is CCNC(=NC[C@H]1CCCN1S(C)(=O)=O)NC1CCN(c2cccs2)CC1.I. The van der Waals surface area contributed by atoms with E-state index in [2.05, 4.69) is 40.0 Å². The monoisotopic (exact) mass is 541 g/mol. The molecule has 2 fully saturated rings. The average Bonchev–Trinajstić information content (AvgIpc) is 3.32. The first-order valence-electron chi connectivity index (χ1n) is 9.77. The fraction of sp³-hybridized carbons (Fsp3) is 0.722. The van der Waals surface area contributed by atoms with Crippen LogP contribution in [0.5, 0.6) is 0 Å².